The van der Waals surface area contributed by atoms with E-state index < -0.39 is 0 Å². The van der Waals surface area contributed by atoms with Gasteiger partial charge in [-0.1, -0.05) is 13.8 Å². The van der Waals surface area contributed by atoms with E-state index in [9.17, 15) is 0 Å². The van der Waals surface area contributed by atoms with Gasteiger partial charge in [-0.15, -0.1) is 10.2 Å². The second-order valence-electron chi connectivity index (χ2n) is 3.04. The lowest BCUT2D eigenvalue weighted by molar-refractivity contribution is 0.395. The van der Waals surface area contributed by atoms with Crippen LogP contribution >= 0.6 is 0 Å². The molecule has 0 aromatic carbocycles. The Bertz CT molecular complexity index is 172. The monoisotopic (exact) mass is 155 g/mol. The summed E-state index contributed by atoms with van der Waals surface area (Å²) >= 11 is 0. The van der Waals surface area contributed by atoms with Crippen LogP contribution in [0.3, 0.4) is 0 Å². The molecule has 0 unspecified atom stereocenters. The predicted octanol–water partition coefficient (Wildman–Crippen LogP) is 2.06. The van der Waals surface area contributed by atoms with Gasteiger partial charge in [0.25, 0.3) is 0 Å². The quantitative estimate of drug-likeness (QED) is 0.574. The second-order valence-corrected chi connectivity index (χ2v) is 3.04. The summed E-state index contributed by atoms with van der Waals surface area (Å²) in [7, 11) is 0. The number of hydrogen-bond donors (Lipinski definition) is 0. The Hall–Kier alpha value is -0.860. The van der Waals surface area contributed by atoms with E-state index in [0.29, 0.717) is 0 Å². The standard InChI is InChI=1S/C6H11N3.C2H6/c1-6(2,3)9-4-7-8-5-9;1-2/h4-5H,1-3H3;1-2H3. The van der Waals surface area contributed by atoms with Crippen LogP contribution in [0.15, 0.2) is 12.7 Å². The first-order valence-corrected chi connectivity index (χ1v) is 3.96. The fourth-order valence-electron chi connectivity index (χ4n) is 0.547. The SMILES string of the molecule is CC.CC(C)(C)n1cnnc1. The average molecular weight is 155 g/mol. The molecule has 64 valence electrons. The van der Waals surface area contributed by atoms with E-state index >= 15 is 0 Å². The van der Waals surface area contributed by atoms with Gasteiger partial charge in [-0.25, -0.2) is 0 Å². The highest BCUT2D eigenvalue weighted by Crippen LogP contribution is 2.10. The van der Waals surface area contributed by atoms with Gasteiger partial charge < -0.3 is 4.57 Å². The molecule has 0 atom stereocenters. The Morgan fingerprint density at radius 3 is 1.55 bits per heavy atom. The lowest BCUT2D eigenvalue weighted by Gasteiger charge is -2.18. The maximum atomic E-state index is 3.70. The zero-order valence-corrected chi connectivity index (χ0v) is 8.00. The molecular weight excluding hydrogens is 138 g/mol. The van der Waals surface area contributed by atoms with Crippen LogP contribution in [0.2, 0.25) is 0 Å². The van der Waals surface area contributed by atoms with Gasteiger partial charge in [0.15, 0.2) is 0 Å². The van der Waals surface area contributed by atoms with Crippen molar-refractivity contribution in [3.63, 3.8) is 0 Å². The first kappa shape index (κ1) is 10.1. The normalized spacial score (nSPS) is 10.3. The number of nitrogens with zero attached hydrogens (tertiary/aromatic N) is 3. The van der Waals surface area contributed by atoms with Crippen LogP contribution in [0, 0.1) is 0 Å². The number of aromatic nitrogens is 3. The third kappa shape index (κ3) is 3.16. The first-order valence-electron chi connectivity index (χ1n) is 3.96. The van der Waals surface area contributed by atoms with E-state index in [-0.39, 0.29) is 5.54 Å². The van der Waals surface area contributed by atoms with Crippen LogP contribution in [0.25, 0.3) is 0 Å². The minimum absolute atomic E-state index is 0.115. The summed E-state index contributed by atoms with van der Waals surface area (Å²) in [5.41, 5.74) is 0.115. The lowest BCUT2D eigenvalue weighted by atomic mass is 10.1. The van der Waals surface area contributed by atoms with Crippen LogP contribution in [-0.4, -0.2) is 14.8 Å². The summed E-state index contributed by atoms with van der Waals surface area (Å²) < 4.78 is 1.97. The van der Waals surface area contributed by atoms with Crippen molar-refractivity contribution in [3.05, 3.63) is 12.7 Å². The Labute approximate surface area is 68.5 Å². The molecule has 0 amide bonds. The van der Waals surface area contributed by atoms with Gasteiger partial charge in [-0.05, 0) is 20.8 Å². The summed E-state index contributed by atoms with van der Waals surface area (Å²) in [4.78, 5) is 0. The molecule has 0 N–H and O–H groups in total. The molecule has 0 fully saturated rings. The molecule has 1 aromatic heterocycles. The van der Waals surface area contributed by atoms with E-state index in [1.165, 1.54) is 0 Å². The van der Waals surface area contributed by atoms with Crippen molar-refractivity contribution in [2.75, 3.05) is 0 Å². The summed E-state index contributed by atoms with van der Waals surface area (Å²) in [6, 6.07) is 0. The van der Waals surface area contributed by atoms with E-state index in [4.69, 9.17) is 0 Å². The van der Waals surface area contributed by atoms with Gasteiger partial charge >= 0.3 is 0 Å². The van der Waals surface area contributed by atoms with Gasteiger partial charge in [-0.3, -0.25) is 0 Å². The molecule has 1 rings (SSSR count). The van der Waals surface area contributed by atoms with Crippen LogP contribution in [-0.2, 0) is 5.54 Å². The van der Waals surface area contributed by atoms with Crippen LogP contribution in [0.4, 0.5) is 0 Å². The van der Waals surface area contributed by atoms with Crippen LogP contribution < -0.4 is 0 Å². The van der Waals surface area contributed by atoms with E-state index in [1.807, 2.05) is 18.4 Å². The molecule has 3 heteroatoms. The Morgan fingerprint density at radius 2 is 1.36 bits per heavy atom. The van der Waals surface area contributed by atoms with Gasteiger partial charge in [-0.2, -0.15) is 0 Å². The molecule has 0 aliphatic carbocycles. The van der Waals surface area contributed by atoms with Crippen molar-refractivity contribution in [2.45, 2.75) is 40.2 Å². The van der Waals surface area contributed by atoms with E-state index in [2.05, 4.69) is 31.0 Å². The zero-order chi connectivity index (χ0) is 8.91. The highest BCUT2D eigenvalue weighted by atomic mass is 15.2. The highest BCUT2D eigenvalue weighted by Gasteiger charge is 2.10. The van der Waals surface area contributed by atoms with Crippen molar-refractivity contribution in [2.24, 2.45) is 0 Å². The van der Waals surface area contributed by atoms with E-state index in [0.717, 1.165) is 0 Å². The maximum absolute atomic E-state index is 3.70. The average Bonchev–Trinajstić information content (AvgIpc) is 2.40. The zero-order valence-electron chi connectivity index (χ0n) is 8.00. The second kappa shape index (κ2) is 4.11. The molecule has 11 heavy (non-hydrogen) atoms. The summed E-state index contributed by atoms with van der Waals surface area (Å²) in [5.74, 6) is 0. The van der Waals surface area contributed by atoms with Crippen molar-refractivity contribution >= 4 is 0 Å². The lowest BCUT2D eigenvalue weighted by Crippen LogP contribution is -2.19. The fraction of sp³-hybridized carbons (Fsp3) is 0.750. The molecule has 0 saturated heterocycles. The molecule has 0 aliphatic heterocycles. The van der Waals surface area contributed by atoms with Crippen molar-refractivity contribution in [1.82, 2.24) is 14.8 Å². The third-order valence-corrected chi connectivity index (χ3v) is 1.19. The van der Waals surface area contributed by atoms with Crippen molar-refractivity contribution in [1.29, 1.82) is 0 Å². The minimum Gasteiger partial charge on any atom is -0.315 e. The molecule has 1 aromatic rings. The predicted molar refractivity (Wildman–Crippen MR) is 46.4 cm³/mol. The van der Waals surface area contributed by atoms with Gasteiger partial charge in [0.05, 0.1) is 0 Å². The molecule has 1 heterocycles. The molecule has 0 bridgehead atoms. The van der Waals surface area contributed by atoms with Gasteiger partial charge in [0, 0.05) is 5.54 Å². The highest BCUT2D eigenvalue weighted by molar-refractivity contribution is 4.75. The maximum Gasteiger partial charge on any atom is 0.119 e. The summed E-state index contributed by atoms with van der Waals surface area (Å²) in [6.07, 6.45) is 3.44. The van der Waals surface area contributed by atoms with E-state index in [1.54, 1.807) is 12.7 Å². The van der Waals surface area contributed by atoms with Crippen molar-refractivity contribution < 1.29 is 0 Å². The van der Waals surface area contributed by atoms with Crippen molar-refractivity contribution in [3.8, 4) is 0 Å². The minimum atomic E-state index is 0.115. The summed E-state index contributed by atoms with van der Waals surface area (Å²) in [5, 5.41) is 7.40. The molecule has 0 spiro atoms. The van der Waals surface area contributed by atoms with Gasteiger partial charge in [0.1, 0.15) is 12.7 Å². The van der Waals surface area contributed by atoms with Crippen LogP contribution in [0.1, 0.15) is 34.6 Å². The number of rotatable bonds is 0. The topological polar surface area (TPSA) is 30.7 Å². The van der Waals surface area contributed by atoms with Crippen LogP contribution in [0.5, 0.6) is 0 Å². The smallest absolute Gasteiger partial charge is 0.119 e. The Kier molecular flexibility index (Phi) is 3.79. The molecule has 0 radical (unpaired) electrons. The Balaban J connectivity index is 0.000000461. The van der Waals surface area contributed by atoms with Gasteiger partial charge in [0.2, 0.25) is 0 Å². The molecule has 0 aliphatic rings. The largest absolute Gasteiger partial charge is 0.315 e. The molecule has 3 nitrogen and oxygen atoms in total. The third-order valence-electron chi connectivity index (χ3n) is 1.19. The first-order chi connectivity index (χ1) is 5.11. The fourth-order valence-corrected chi connectivity index (χ4v) is 0.547. The Morgan fingerprint density at radius 1 is 1.00 bits per heavy atom. The number of hydrogen-bond acceptors (Lipinski definition) is 2. The molecular formula is C8H17N3. The summed E-state index contributed by atoms with van der Waals surface area (Å²) in [6.45, 7) is 10.3. The molecule has 0 saturated carbocycles.